The van der Waals surface area contributed by atoms with E-state index in [1.807, 2.05) is 0 Å². The van der Waals surface area contributed by atoms with Crippen molar-refractivity contribution < 1.29 is 14.7 Å². The molecule has 0 bridgehead atoms. The van der Waals surface area contributed by atoms with Gasteiger partial charge in [0.2, 0.25) is 0 Å². The molecule has 0 spiro atoms. The number of aliphatic carboxylic acids is 1. The summed E-state index contributed by atoms with van der Waals surface area (Å²) in [5.74, 6) is -1.00. The van der Waals surface area contributed by atoms with E-state index < -0.39 is 12.0 Å². The number of rotatable bonds is 4. The Morgan fingerprint density at radius 3 is 2.70 bits per heavy atom. The third kappa shape index (κ3) is 3.34. The van der Waals surface area contributed by atoms with Crippen molar-refractivity contribution in [1.29, 1.82) is 0 Å². The van der Waals surface area contributed by atoms with Gasteiger partial charge in [-0.2, -0.15) is 10.2 Å². The number of urea groups is 1. The van der Waals surface area contributed by atoms with Gasteiger partial charge >= 0.3 is 12.0 Å². The number of nitrogens with zero attached hydrogens (tertiary/aromatic N) is 4. The summed E-state index contributed by atoms with van der Waals surface area (Å²) in [6.45, 7) is 1.52. The molecule has 2 rings (SSSR count). The lowest BCUT2D eigenvalue weighted by molar-refractivity contribution is -0.137. The number of carbonyl (C=O) groups excluding carboxylic acids is 1. The molecule has 2 heterocycles. The normalized spacial score (nSPS) is 10.3. The minimum Gasteiger partial charge on any atom is -0.480 e. The summed E-state index contributed by atoms with van der Waals surface area (Å²) in [6.07, 6.45) is 4.49. The van der Waals surface area contributed by atoms with E-state index in [1.54, 1.807) is 24.9 Å². The molecule has 9 heteroatoms. The van der Waals surface area contributed by atoms with E-state index in [0.29, 0.717) is 17.1 Å². The molecule has 2 aromatic heterocycles. The van der Waals surface area contributed by atoms with Gasteiger partial charge in [-0.05, 0) is 6.92 Å². The van der Waals surface area contributed by atoms with Gasteiger partial charge in [0.25, 0.3) is 0 Å². The van der Waals surface area contributed by atoms with E-state index >= 15 is 0 Å². The van der Waals surface area contributed by atoms with E-state index in [-0.39, 0.29) is 6.54 Å². The average Bonchev–Trinajstić information content (AvgIpc) is 2.85. The molecular formula is C11H14N6O3. The second-order valence-corrected chi connectivity index (χ2v) is 4.20. The highest BCUT2D eigenvalue weighted by atomic mass is 16.4. The van der Waals surface area contributed by atoms with Crippen molar-refractivity contribution in [3.05, 3.63) is 24.3 Å². The molecule has 0 saturated carbocycles. The van der Waals surface area contributed by atoms with Crippen LogP contribution in [0.5, 0.6) is 0 Å². The lowest BCUT2D eigenvalue weighted by Crippen LogP contribution is -2.19. The third-order valence-electron chi connectivity index (χ3n) is 2.45. The fourth-order valence-corrected chi connectivity index (χ4v) is 1.66. The van der Waals surface area contributed by atoms with Gasteiger partial charge in [-0.25, -0.2) is 4.79 Å². The first-order valence-corrected chi connectivity index (χ1v) is 5.76. The Balaban J connectivity index is 1.96. The standard InChI is InChI=1S/C11H14N6O3/c1-7-9(5-16(2)15-7)14-11(20)13-8-3-12-17(4-8)6-10(18)19/h3-5H,6H2,1-2H3,(H,18,19)(H2,13,14,20). The fourth-order valence-electron chi connectivity index (χ4n) is 1.66. The molecule has 106 valence electrons. The molecule has 0 saturated heterocycles. The van der Waals surface area contributed by atoms with Crippen molar-refractivity contribution in [3.63, 3.8) is 0 Å². The minimum atomic E-state index is -1.00. The molecule has 20 heavy (non-hydrogen) atoms. The van der Waals surface area contributed by atoms with Gasteiger partial charge < -0.3 is 15.7 Å². The Morgan fingerprint density at radius 1 is 1.35 bits per heavy atom. The van der Waals surface area contributed by atoms with Crippen molar-refractivity contribution in [2.45, 2.75) is 13.5 Å². The van der Waals surface area contributed by atoms with Gasteiger partial charge in [0.1, 0.15) is 6.54 Å². The zero-order valence-corrected chi connectivity index (χ0v) is 11.0. The van der Waals surface area contributed by atoms with Gasteiger partial charge in [-0.15, -0.1) is 0 Å². The van der Waals surface area contributed by atoms with Crippen LogP contribution in [-0.4, -0.2) is 36.7 Å². The van der Waals surface area contributed by atoms with Crippen LogP contribution in [0.3, 0.4) is 0 Å². The number of aromatic nitrogens is 4. The molecule has 0 aliphatic carbocycles. The number of hydrogen-bond donors (Lipinski definition) is 3. The van der Waals surface area contributed by atoms with Crippen molar-refractivity contribution in [3.8, 4) is 0 Å². The molecule has 3 N–H and O–H groups in total. The number of anilines is 2. The van der Waals surface area contributed by atoms with Crippen molar-refractivity contribution in [2.75, 3.05) is 10.6 Å². The molecule has 0 aliphatic rings. The minimum absolute atomic E-state index is 0.259. The molecule has 0 fully saturated rings. The smallest absolute Gasteiger partial charge is 0.325 e. The molecule has 0 aromatic carbocycles. The summed E-state index contributed by atoms with van der Waals surface area (Å²) in [4.78, 5) is 22.3. The first kappa shape index (κ1) is 13.6. The largest absolute Gasteiger partial charge is 0.480 e. The third-order valence-corrected chi connectivity index (χ3v) is 2.45. The van der Waals surface area contributed by atoms with Gasteiger partial charge in [0, 0.05) is 19.4 Å². The second-order valence-electron chi connectivity index (χ2n) is 4.20. The first-order valence-electron chi connectivity index (χ1n) is 5.76. The van der Waals surface area contributed by atoms with Crippen molar-refractivity contribution in [1.82, 2.24) is 19.6 Å². The Labute approximate surface area is 114 Å². The Bertz CT molecular complexity index is 644. The molecule has 0 atom stereocenters. The number of aryl methyl sites for hydroxylation is 2. The monoisotopic (exact) mass is 278 g/mol. The van der Waals surface area contributed by atoms with Gasteiger partial charge in [0.15, 0.2) is 0 Å². The predicted octanol–water partition coefficient (Wildman–Crippen LogP) is 0.654. The Hall–Kier alpha value is -2.84. The molecule has 0 unspecified atom stereocenters. The van der Waals surface area contributed by atoms with Crippen LogP contribution in [0.15, 0.2) is 18.6 Å². The van der Waals surface area contributed by atoms with Crippen LogP contribution in [0, 0.1) is 6.92 Å². The summed E-state index contributed by atoms with van der Waals surface area (Å²) in [5.41, 5.74) is 1.71. The number of amides is 2. The molecule has 2 aromatic rings. The fraction of sp³-hybridized carbons (Fsp3) is 0.273. The van der Waals surface area contributed by atoms with Gasteiger partial charge in [0.05, 0.1) is 23.3 Å². The quantitative estimate of drug-likeness (QED) is 0.759. The topological polar surface area (TPSA) is 114 Å². The number of hydrogen-bond acceptors (Lipinski definition) is 4. The maximum absolute atomic E-state index is 11.8. The highest BCUT2D eigenvalue weighted by Crippen LogP contribution is 2.12. The van der Waals surface area contributed by atoms with Crippen LogP contribution in [0.1, 0.15) is 5.69 Å². The van der Waals surface area contributed by atoms with E-state index in [9.17, 15) is 9.59 Å². The highest BCUT2D eigenvalue weighted by molar-refractivity contribution is 5.99. The summed E-state index contributed by atoms with van der Waals surface area (Å²) in [5, 5.41) is 21.7. The van der Waals surface area contributed by atoms with Gasteiger partial charge in [-0.3, -0.25) is 14.2 Å². The summed E-state index contributed by atoms with van der Waals surface area (Å²) in [6, 6.07) is -0.448. The van der Waals surface area contributed by atoms with Crippen LogP contribution in [-0.2, 0) is 18.4 Å². The molecular weight excluding hydrogens is 264 g/mol. The Kier molecular flexibility index (Phi) is 3.69. The molecule has 0 aliphatic heterocycles. The number of carboxylic acids is 1. The van der Waals surface area contributed by atoms with Crippen LogP contribution >= 0.6 is 0 Å². The van der Waals surface area contributed by atoms with Crippen LogP contribution in [0.2, 0.25) is 0 Å². The maximum atomic E-state index is 11.8. The van der Waals surface area contributed by atoms with Crippen molar-refractivity contribution >= 4 is 23.4 Å². The lowest BCUT2D eigenvalue weighted by Gasteiger charge is -2.03. The molecule has 9 nitrogen and oxygen atoms in total. The number of carbonyl (C=O) groups is 2. The summed E-state index contributed by atoms with van der Waals surface area (Å²) >= 11 is 0. The van der Waals surface area contributed by atoms with Gasteiger partial charge in [-0.1, -0.05) is 0 Å². The molecule has 2 amide bonds. The van der Waals surface area contributed by atoms with E-state index in [2.05, 4.69) is 20.8 Å². The average molecular weight is 278 g/mol. The Morgan fingerprint density at radius 2 is 2.10 bits per heavy atom. The SMILES string of the molecule is Cc1nn(C)cc1NC(=O)Nc1cnn(CC(=O)O)c1. The second kappa shape index (κ2) is 5.43. The first-order chi connectivity index (χ1) is 9.44. The van der Waals surface area contributed by atoms with E-state index in [4.69, 9.17) is 5.11 Å². The molecule has 0 radical (unpaired) electrons. The van der Waals surface area contributed by atoms with Crippen LogP contribution in [0.4, 0.5) is 16.2 Å². The van der Waals surface area contributed by atoms with E-state index in [1.165, 1.54) is 17.1 Å². The zero-order valence-electron chi connectivity index (χ0n) is 11.0. The summed E-state index contributed by atoms with van der Waals surface area (Å²) in [7, 11) is 1.76. The summed E-state index contributed by atoms with van der Waals surface area (Å²) < 4.78 is 2.81. The highest BCUT2D eigenvalue weighted by Gasteiger charge is 2.09. The lowest BCUT2D eigenvalue weighted by atomic mass is 10.4. The van der Waals surface area contributed by atoms with Crippen LogP contribution in [0.25, 0.3) is 0 Å². The number of carboxylic acid groups (broad SMARTS) is 1. The van der Waals surface area contributed by atoms with Crippen LogP contribution < -0.4 is 10.6 Å². The van der Waals surface area contributed by atoms with E-state index in [0.717, 1.165) is 0 Å². The predicted molar refractivity (Wildman–Crippen MR) is 70.4 cm³/mol. The number of nitrogens with one attached hydrogen (secondary N) is 2. The zero-order chi connectivity index (χ0) is 14.7. The maximum Gasteiger partial charge on any atom is 0.325 e. The van der Waals surface area contributed by atoms with Crippen molar-refractivity contribution in [2.24, 2.45) is 7.05 Å².